The van der Waals surface area contributed by atoms with E-state index in [1.807, 2.05) is 4.90 Å². The standard InChI is InChI=1S/C16H16F3N3O3/c1-9(22-6-5-11(8-22)15(23)24)14-20-13(21-25-14)10-3-2-4-12(7-10)16(17,18)19/h2-4,7,9,11H,5-6,8H2,1H3,(H,23,24). The highest BCUT2D eigenvalue weighted by Crippen LogP contribution is 2.32. The lowest BCUT2D eigenvalue weighted by molar-refractivity contribution is -0.141. The van der Waals surface area contributed by atoms with E-state index in [9.17, 15) is 18.0 Å². The van der Waals surface area contributed by atoms with E-state index < -0.39 is 23.6 Å². The largest absolute Gasteiger partial charge is 0.481 e. The summed E-state index contributed by atoms with van der Waals surface area (Å²) in [6.07, 6.45) is -3.91. The number of likely N-dealkylation sites (tertiary alicyclic amines) is 1. The third kappa shape index (κ3) is 3.65. The molecule has 1 aromatic heterocycles. The molecule has 2 atom stereocenters. The smallest absolute Gasteiger partial charge is 0.416 e. The molecule has 2 unspecified atom stereocenters. The minimum absolute atomic E-state index is 0.0712. The highest BCUT2D eigenvalue weighted by molar-refractivity contribution is 5.70. The van der Waals surface area contributed by atoms with E-state index in [1.54, 1.807) is 6.92 Å². The van der Waals surface area contributed by atoms with E-state index in [2.05, 4.69) is 10.1 Å². The maximum absolute atomic E-state index is 12.8. The fourth-order valence-corrected chi connectivity index (χ4v) is 2.85. The molecule has 1 aliphatic rings. The van der Waals surface area contributed by atoms with Gasteiger partial charge in [0.05, 0.1) is 17.5 Å². The van der Waals surface area contributed by atoms with Gasteiger partial charge in [0, 0.05) is 12.1 Å². The predicted octanol–water partition coefficient (Wildman–Crippen LogP) is 3.22. The number of carboxylic acids is 1. The van der Waals surface area contributed by atoms with Crippen LogP contribution < -0.4 is 0 Å². The van der Waals surface area contributed by atoms with Crippen LogP contribution in [0.1, 0.15) is 30.8 Å². The maximum atomic E-state index is 12.8. The van der Waals surface area contributed by atoms with Crippen molar-refractivity contribution in [2.24, 2.45) is 5.92 Å². The SMILES string of the molecule is CC(c1nc(-c2cccc(C(F)(F)F)c2)no1)N1CCC(C(=O)O)C1. The number of carbonyl (C=O) groups is 1. The molecule has 1 aromatic carbocycles. The van der Waals surface area contributed by atoms with Crippen LogP contribution in [0.25, 0.3) is 11.4 Å². The highest BCUT2D eigenvalue weighted by atomic mass is 19.4. The number of hydrogen-bond acceptors (Lipinski definition) is 5. The Hall–Kier alpha value is -2.42. The molecular weight excluding hydrogens is 339 g/mol. The topological polar surface area (TPSA) is 79.5 Å². The van der Waals surface area contributed by atoms with Crippen LogP contribution in [0, 0.1) is 5.92 Å². The first kappa shape index (κ1) is 17.4. The van der Waals surface area contributed by atoms with Crippen LogP contribution in [0.15, 0.2) is 28.8 Å². The molecular formula is C16H16F3N3O3. The lowest BCUT2D eigenvalue weighted by Crippen LogP contribution is -2.26. The molecule has 6 nitrogen and oxygen atoms in total. The highest BCUT2D eigenvalue weighted by Gasteiger charge is 2.34. The van der Waals surface area contributed by atoms with Gasteiger partial charge in [-0.25, -0.2) is 0 Å². The van der Waals surface area contributed by atoms with Crippen molar-refractivity contribution in [2.75, 3.05) is 13.1 Å². The van der Waals surface area contributed by atoms with Gasteiger partial charge in [0.25, 0.3) is 0 Å². The third-order valence-electron chi connectivity index (χ3n) is 4.36. The van der Waals surface area contributed by atoms with Gasteiger partial charge in [0.2, 0.25) is 11.7 Å². The van der Waals surface area contributed by atoms with Crippen molar-refractivity contribution in [1.82, 2.24) is 15.0 Å². The Bertz CT molecular complexity index is 775. The van der Waals surface area contributed by atoms with Crippen molar-refractivity contribution >= 4 is 5.97 Å². The zero-order valence-corrected chi connectivity index (χ0v) is 13.3. The van der Waals surface area contributed by atoms with E-state index in [4.69, 9.17) is 9.63 Å². The number of rotatable bonds is 4. The second-order valence-corrected chi connectivity index (χ2v) is 6.03. The summed E-state index contributed by atoms with van der Waals surface area (Å²) in [7, 11) is 0. The van der Waals surface area contributed by atoms with E-state index in [1.165, 1.54) is 12.1 Å². The van der Waals surface area contributed by atoms with Crippen LogP contribution in [0.3, 0.4) is 0 Å². The Labute approximate surface area is 141 Å². The van der Waals surface area contributed by atoms with E-state index >= 15 is 0 Å². The number of hydrogen-bond donors (Lipinski definition) is 1. The van der Waals surface area contributed by atoms with Crippen molar-refractivity contribution in [1.29, 1.82) is 0 Å². The molecule has 0 amide bonds. The fraction of sp³-hybridized carbons (Fsp3) is 0.438. The van der Waals surface area contributed by atoms with E-state index in [-0.39, 0.29) is 23.3 Å². The first-order chi connectivity index (χ1) is 11.8. The van der Waals surface area contributed by atoms with Crippen molar-refractivity contribution in [3.63, 3.8) is 0 Å². The number of benzene rings is 1. The number of aromatic nitrogens is 2. The molecule has 134 valence electrons. The molecule has 1 saturated heterocycles. The van der Waals surface area contributed by atoms with Gasteiger partial charge < -0.3 is 9.63 Å². The summed E-state index contributed by atoms with van der Waals surface area (Å²) in [4.78, 5) is 17.1. The van der Waals surface area contributed by atoms with Crippen LogP contribution in [0.5, 0.6) is 0 Å². The molecule has 2 aromatic rings. The first-order valence-electron chi connectivity index (χ1n) is 7.74. The number of carboxylic acid groups (broad SMARTS) is 1. The molecule has 0 aliphatic carbocycles. The van der Waals surface area contributed by atoms with Crippen LogP contribution in [-0.2, 0) is 11.0 Å². The second-order valence-electron chi connectivity index (χ2n) is 6.03. The van der Waals surface area contributed by atoms with Gasteiger partial charge >= 0.3 is 12.1 Å². The summed E-state index contributed by atoms with van der Waals surface area (Å²) in [6, 6.07) is 4.40. The normalized spacial score (nSPS) is 19.9. The Balaban J connectivity index is 1.78. The second kappa shape index (κ2) is 6.47. The summed E-state index contributed by atoms with van der Waals surface area (Å²) in [5.74, 6) is -0.960. The molecule has 3 rings (SSSR count). The van der Waals surface area contributed by atoms with Crippen LogP contribution >= 0.6 is 0 Å². The average Bonchev–Trinajstić information content (AvgIpc) is 3.23. The summed E-state index contributed by atoms with van der Waals surface area (Å²) >= 11 is 0. The van der Waals surface area contributed by atoms with Gasteiger partial charge in [-0.3, -0.25) is 9.69 Å². The van der Waals surface area contributed by atoms with E-state index in [0.29, 0.717) is 19.5 Å². The molecule has 0 radical (unpaired) electrons. The Morgan fingerprint density at radius 1 is 1.44 bits per heavy atom. The van der Waals surface area contributed by atoms with Crippen LogP contribution in [-0.4, -0.2) is 39.2 Å². The summed E-state index contributed by atoms with van der Waals surface area (Å²) in [6.45, 7) is 2.75. The van der Waals surface area contributed by atoms with Gasteiger partial charge in [0.1, 0.15) is 0 Å². The van der Waals surface area contributed by atoms with Gasteiger partial charge in [-0.15, -0.1) is 0 Å². The van der Waals surface area contributed by atoms with Gasteiger partial charge in [0.15, 0.2) is 0 Å². The number of alkyl halides is 3. The van der Waals surface area contributed by atoms with Crippen LogP contribution in [0.4, 0.5) is 13.2 Å². The molecule has 25 heavy (non-hydrogen) atoms. The fourth-order valence-electron chi connectivity index (χ4n) is 2.85. The molecule has 0 spiro atoms. The summed E-state index contributed by atoms with van der Waals surface area (Å²) in [5.41, 5.74) is -0.574. The summed E-state index contributed by atoms with van der Waals surface area (Å²) < 4.78 is 43.6. The molecule has 0 saturated carbocycles. The zero-order chi connectivity index (χ0) is 18.2. The predicted molar refractivity (Wildman–Crippen MR) is 80.5 cm³/mol. The third-order valence-corrected chi connectivity index (χ3v) is 4.36. The van der Waals surface area contributed by atoms with Crippen molar-refractivity contribution < 1.29 is 27.6 Å². The minimum Gasteiger partial charge on any atom is -0.481 e. The monoisotopic (exact) mass is 355 g/mol. The minimum atomic E-state index is -4.45. The van der Waals surface area contributed by atoms with Crippen molar-refractivity contribution in [3.05, 3.63) is 35.7 Å². The van der Waals surface area contributed by atoms with Crippen molar-refractivity contribution in [2.45, 2.75) is 25.6 Å². The summed E-state index contributed by atoms with van der Waals surface area (Å²) in [5, 5.41) is 12.8. The molecule has 0 bridgehead atoms. The van der Waals surface area contributed by atoms with Crippen LogP contribution in [0.2, 0.25) is 0 Å². The molecule has 1 fully saturated rings. The van der Waals surface area contributed by atoms with Crippen molar-refractivity contribution in [3.8, 4) is 11.4 Å². The zero-order valence-electron chi connectivity index (χ0n) is 13.3. The Kier molecular flexibility index (Phi) is 4.51. The molecule has 1 aliphatic heterocycles. The maximum Gasteiger partial charge on any atom is 0.416 e. The molecule has 2 heterocycles. The first-order valence-corrected chi connectivity index (χ1v) is 7.74. The number of halogens is 3. The lowest BCUT2D eigenvalue weighted by Gasteiger charge is -2.20. The van der Waals surface area contributed by atoms with Gasteiger partial charge in [-0.05, 0) is 32.0 Å². The number of nitrogens with zero attached hydrogens (tertiary/aromatic N) is 3. The lowest BCUT2D eigenvalue weighted by atomic mass is 10.1. The average molecular weight is 355 g/mol. The van der Waals surface area contributed by atoms with E-state index in [0.717, 1.165) is 12.1 Å². The Morgan fingerprint density at radius 2 is 2.20 bits per heavy atom. The number of aliphatic carboxylic acids is 1. The van der Waals surface area contributed by atoms with Gasteiger partial charge in [-0.2, -0.15) is 18.2 Å². The Morgan fingerprint density at radius 3 is 2.84 bits per heavy atom. The molecule has 9 heteroatoms. The quantitative estimate of drug-likeness (QED) is 0.907. The molecule has 1 N–H and O–H groups in total. The van der Waals surface area contributed by atoms with Gasteiger partial charge in [-0.1, -0.05) is 17.3 Å².